The molecule has 0 saturated heterocycles. The zero-order valence-electron chi connectivity index (χ0n) is 9.59. The minimum Gasteiger partial charge on any atom is -0.324 e. The lowest BCUT2D eigenvalue weighted by atomic mass is 9.99. The van der Waals surface area contributed by atoms with Crippen molar-refractivity contribution in [2.24, 2.45) is 5.73 Å². The Balaban J connectivity index is 2.64. The Hall–Kier alpha value is -0.890. The summed E-state index contributed by atoms with van der Waals surface area (Å²) in [6.07, 6.45) is 4.28. The smallest absolute Gasteiger partial charge is 0.127 e. The zero-order valence-corrected chi connectivity index (χ0v) is 9.59. The standard InChI is InChI=1S/C13H20FN/c1-3-4-5-6-13(15)11-9-10(2)7-8-12(11)14/h7-9,13H,3-6,15H2,1-2H3/t13-/m1/s1. The molecule has 0 aromatic heterocycles. The first-order valence-corrected chi connectivity index (χ1v) is 5.66. The van der Waals surface area contributed by atoms with Gasteiger partial charge in [-0.2, -0.15) is 0 Å². The van der Waals surface area contributed by atoms with Gasteiger partial charge >= 0.3 is 0 Å². The van der Waals surface area contributed by atoms with E-state index in [2.05, 4.69) is 6.92 Å². The van der Waals surface area contributed by atoms with Crippen molar-refractivity contribution in [1.82, 2.24) is 0 Å². The molecule has 0 spiro atoms. The predicted octanol–water partition coefficient (Wildman–Crippen LogP) is 3.71. The number of rotatable bonds is 5. The van der Waals surface area contributed by atoms with Gasteiger partial charge in [0.15, 0.2) is 0 Å². The van der Waals surface area contributed by atoms with E-state index < -0.39 is 0 Å². The van der Waals surface area contributed by atoms with E-state index in [9.17, 15) is 4.39 Å². The van der Waals surface area contributed by atoms with Gasteiger partial charge in [-0.05, 0) is 19.4 Å². The number of benzene rings is 1. The van der Waals surface area contributed by atoms with Crippen molar-refractivity contribution in [3.8, 4) is 0 Å². The normalized spacial score (nSPS) is 12.8. The van der Waals surface area contributed by atoms with Crippen LogP contribution in [0.15, 0.2) is 18.2 Å². The molecule has 0 aliphatic rings. The Morgan fingerprint density at radius 3 is 2.73 bits per heavy atom. The number of aryl methyl sites for hydroxylation is 1. The number of hydrogen-bond acceptors (Lipinski definition) is 1. The van der Waals surface area contributed by atoms with Crippen molar-refractivity contribution in [1.29, 1.82) is 0 Å². The molecule has 0 aliphatic carbocycles. The van der Waals surface area contributed by atoms with Gasteiger partial charge in [0, 0.05) is 11.6 Å². The molecule has 0 fully saturated rings. The lowest BCUT2D eigenvalue weighted by molar-refractivity contribution is 0.538. The molecule has 1 atom stereocenters. The molecule has 0 aliphatic heterocycles. The minimum absolute atomic E-state index is 0.156. The molecule has 15 heavy (non-hydrogen) atoms. The fourth-order valence-electron chi connectivity index (χ4n) is 1.72. The Morgan fingerprint density at radius 2 is 2.07 bits per heavy atom. The molecule has 2 heteroatoms. The third kappa shape index (κ3) is 3.63. The van der Waals surface area contributed by atoms with Gasteiger partial charge < -0.3 is 5.73 Å². The van der Waals surface area contributed by atoms with E-state index in [1.165, 1.54) is 18.9 Å². The topological polar surface area (TPSA) is 26.0 Å². The highest BCUT2D eigenvalue weighted by Gasteiger charge is 2.10. The van der Waals surface area contributed by atoms with Crippen molar-refractivity contribution < 1.29 is 4.39 Å². The summed E-state index contributed by atoms with van der Waals surface area (Å²) in [6, 6.07) is 4.98. The summed E-state index contributed by atoms with van der Waals surface area (Å²) in [7, 11) is 0. The summed E-state index contributed by atoms with van der Waals surface area (Å²) in [5.41, 5.74) is 7.69. The third-order valence-corrected chi connectivity index (χ3v) is 2.67. The molecule has 0 unspecified atom stereocenters. The average Bonchev–Trinajstić information content (AvgIpc) is 2.22. The second-order valence-electron chi connectivity index (χ2n) is 4.13. The van der Waals surface area contributed by atoms with Gasteiger partial charge in [-0.15, -0.1) is 0 Å². The Morgan fingerprint density at radius 1 is 1.33 bits per heavy atom. The number of halogens is 1. The molecule has 0 bridgehead atoms. The van der Waals surface area contributed by atoms with Crippen LogP contribution in [0.5, 0.6) is 0 Å². The molecule has 1 rings (SSSR count). The summed E-state index contributed by atoms with van der Waals surface area (Å²) < 4.78 is 13.4. The van der Waals surface area contributed by atoms with Gasteiger partial charge in [0.25, 0.3) is 0 Å². The van der Waals surface area contributed by atoms with Crippen molar-refractivity contribution >= 4 is 0 Å². The van der Waals surface area contributed by atoms with E-state index >= 15 is 0 Å². The summed E-state index contributed by atoms with van der Waals surface area (Å²) >= 11 is 0. The maximum atomic E-state index is 13.4. The molecule has 1 nitrogen and oxygen atoms in total. The number of unbranched alkanes of at least 4 members (excludes halogenated alkanes) is 2. The predicted molar refractivity (Wildman–Crippen MR) is 62.2 cm³/mol. The maximum Gasteiger partial charge on any atom is 0.127 e. The second kappa shape index (κ2) is 5.86. The maximum absolute atomic E-state index is 13.4. The third-order valence-electron chi connectivity index (χ3n) is 2.67. The van der Waals surface area contributed by atoms with E-state index in [1.54, 1.807) is 6.07 Å². The average molecular weight is 209 g/mol. The van der Waals surface area contributed by atoms with Gasteiger partial charge in [0.1, 0.15) is 5.82 Å². The molecular weight excluding hydrogens is 189 g/mol. The quantitative estimate of drug-likeness (QED) is 0.735. The van der Waals surface area contributed by atoms with E-state index in [4.69, 9.17) is 5.73 Å². The summed E-state index contributed by atoms with van der Waals surface area (Å²) in [5, 5.41) is 0. The highest BCUT2D eigenvalue weighted by molar-refractivity contribution is 5.26. The van der Waals surface area contributed by atoms with Gasteiger partial charge in [0.2, 0.25) is 0 Å². The van der Waals surface area contributed by atoms with Crippen LogP contribution in [0.3, 0.4) is 0 Å². The lowest BCUT2D eigenvalue weighted by Crippen LogP contribution is -2.12. The van der Waals surface area contributed by atoms with Crippen LogP contribution < -0.4 is 5.73 Å². The fourth-order valence-corrected chi connectivity index (χ4v) is 1.72. The molecule has 1 aromatic carbocycles. The van der Waals surface area contributed by atoms with Crippen LogP contribution in [0.1, 0.15) is 49.8 Å². The highest BCUT2D eigenvalue weighted by Crippen LogP contribution is 2.21. The van der Waals surface area contributed by atoms with Crippen molar-refractivity contribution in [3.05, 3.63) is 35.1 Å². The first-order chi connectivity index (χ1) is 7.15. The summed E-state index contributed by atoms with van der Waals surface area (Å²) in [6.45, 7) is 4.11. The van der Waals surface area contributed by atoms with Crippen molar-refractivity contribution in [2.45, 2.75) is 45.6 Å². The SMILES string of the molecule is CCCCC[C@@H](N)c1cc(C)ccc1F. The fraction of sp³-hybridized carbons (Fsp3) is 0.538. The van der Waals surface area contributed by atoms with E-state index in [0.29, 0.717) is 5.56 Å². The molecule has 84 valence electrons. The van der Waals surface area contributed by atoms with Crippen LogP contribution in [0.4, 0.5) is 4.39 Å². The lowest BCUT2D eigenvalue weighted by Gasteiger charge is -2.13. The van der Waals surface area contributed by atoms with Gasteiger partial charge in [-0.3, -0.25) is 0 Å². The Bertz CT molecular complexity index is 309. The van der Waals surface area contributed by atoms with Gasteiger partial charge in [-0.1, -0.05) is 43.9 Å². The van der Waals surface area contributed by atoms with Crippen LogP contribution in [-0.4, -0.2) is 0 Å². The molecular formula is C13H20FN. The number of nitrogens with two attached hydrogens (primary N) is 1. The monoisotopic (exact) mass is 209 g/mol. The van der Waals surface area contributed by atoms with Crippen molar-refractivity contribution in [2.75, 3.05) is 0 Å². The van der Waals surface area contributed by atoms with Crippen LogP contribution in [0.2, 0.25) is 0 Å². The minimum atomic E-state index is -0.176. The van der Waals surface area contributed by atoms with Crippen LogP contribution in [0, 0.1) is 12.7 Å². The highest BCUT2D eigenvalue weighted by atomic mass is 19.1. The summed E-state index contributed by atoms with van der Waals surface area (Å²) in [4.78, 5) is 0. The molecule has 0 amide bonds. The molecule has 0 heterocycles. The largest absolute Gasteiger partial charge is 0.324 e. The summed E-state index contributed by atoms with van der Waals surface area (Å²) in [5.74, 6) is -0.176. The van der Waals surface area contributed by atoms with Crippen molar-refractivity contribution in [3.63, 3.8) is 0 Å². The van der Waals surface area contributed by atoms with E-state index in [1.807, 2.05) is 13.0 Å². The van der Waals surface area contributed by atoms with E-state index in [0.717, 1.165) is 18.4 Å². The van der Waals surface area contributed by atoms with Crippen LogP contribution in [0.25, 0.3) is 0 Å². The Kier molecular flexibility index (Phi) is 4.76. The first kappa shape index (κ1) is 12.2. The van der Waals surface area contributed by atoms with Gasteiger partial charge in [-0.25, -0.2) is 4.39 Å². The Labute approximate surface area is 91.5 Å². The first-order valence-electron chi connectivity index (χ1n) is 5.66. The molecule has 1 aromatic rings. The molecule has 0 radical (unpaired) electrons. The van der Waals surface area contributed by atoms with Crippen LogP contribution >= 0.6 is 0 Å². The number of hydrogen-bond donors (Lipinski definition) is 1. The molecule has 0 saturated carbocycles. The van der Waals surface area contributed by atoms with Gasteiger partial charge in [0.05, 0.1) is 0 Å². The zero-order chi connectivity index (χ0) is 11.3. The van der Waals surface area contributed by atoms with Crippen LogP contribution in [-0.2, 0) is 0 Å². The van der Waals surface area contributed by atoms with E-state index in [-0.39, 0.29) is 11.9 Å². The second-order valence-corrected chi connectivity index (χ2v) is 4.13. The molecule has 2 N–H and O–H groups in total.